The third kappa shape index (κ3) is 5.47. The largest absolute Gasteiger partial charge is 0.350 e. The van der Waals surface area contributed by atoms with Gasteiger partial charge in [-0.2, -0.15) is 4.72 Å². The second-order valence-electron chi connectivity index (χ2n) is 8.04. The molecule has 0 aliphatic carbocycles. The smallest absolute Gasteiger partial charge is 0.243 e. The Bertz CT molecular complexity index is 1270. The summed E-state index contributed by atoms with van der Waals surface area (Å²) in [5.74, 6) is -0.541. The van der Waals surface area contributed by atoms with Crippen molar-refractivity contribution in [3.8, 4) is 0 Å². The highest BCUT2D eigenvalue weighted by Crippen LogP contribution is 2.26. The van der Waals surface area contributed by atoms with Crippen LogP contribution in [-0.4, -0.2) is 20.2 Å². The number of hydrogen-bond donors (Lipinski definition) is 3. The number of nitrogens with one attached hydrogen (secondary N) is 3. The summed E-state index contributed by atoms with van der Waals surface area (Å²) in [4.78, 5) is 24.7. The van der Waals surface area contributed by atoms with E-state index in [1.807, 2.05) is 31.2 Å². The molecular weight excluding hydrogens is 438 g/mol. The Morgan fingerprint density at radius 1 is 1.00 bits per heavy atom. The highest BCUT2D eigenvalue weighted by Gasteiger charge is 2.28. The molecule has 1 aliphatic heterocycles. The average molecular weight is 464 g/mol. The second kappa shape index (κ2) is 9.56. The Kier molecular flexibility index (Phi) is 6.57. The maximum atomic E-state index is 13.2. The lowest BCUT2D eigenvalue weighted by molar-refractivity contribution is -0.123. The molecule has 0 spiro atoms. The quantitative estimate of drug-likeness (QED) is 0.500. The number of benzene rings is 3. The van der Waals surface area contributed by atoms with Crippen molar-refractivity contribution < 1.29 is 18.0 Å². The minimum atomic E-state index is -4.01. The second-order valence-corrected chi connectivity index (χ2v) is 9.75. The predicted molar refractivity (Wildman–Crippen MR) is 126 cm³/mol. The summed E-state index contributed by atoms with van der Waals surface area (Å²) in [7, 11) is -4.01. The molecule has 1 atom stereocenters. The van der Waals surface area contributed by atoms with Gasteiger partial charge in [-0.1, -0.05) is 60.2 Å². The fourth-order valence-corrected chi connectivity index (χ4v) is 4.90. The molecule has 4 rings (SSSR count). The van der Waals surface area contributed by atoms with Crippen LogP contribution in [0.15, 0.2) is 77.7 Å². The molecule has 7 nitrogen and oxygen atoms in total. The van der Waals surface area contributed by atoms with E-state index in [1.54, 1.807) is 42.5 Å². The van der Waals surface area contributed by atoms with Gasteiger partial charge in [0.1, 0.15) is 6.04 Å². The van der Waals surface area contributed by atoms with Gasteiger partial charge in [0.2, 0.25) is 21.8 Å². The van der Waals surface area contributed by atoms with Crippen LogP contribution in [0.3, 0.4) is 0 Å². The van der Waals surface area contributed by atoms with Gasteiger partial charge in [-0.15, -0.1) is 0 Å². The maximum absolute atomic E-state index is 13.2. The lowest BCUT2D eigenvalue weighted by Crippen LogP contribution is -2.40. The first kappa shape index (κ1) is 22.7. The topological polar surface area (TPSA) is 104 Å². The SMILES string of the molecule is Cc1ccc(CNC(=O)[C@H](NS(=O)(=O)c2ccc3c(c2)CCC(=O)N3)c2ccccc2)cc1. The summed E-state index contributed by atoms with van der Waals surface area (Å²) in [6.45, 7) is 2.26. The van der Waals surface area contributed by atoms with E-state index in [1.165, 1.54) is 6.07 Å². The Labute approximate surface area is 193 Å². The fraction of sp³-hybridized carbons (Fsp3) is 0.200. The fourth-order valence-electron chi connectivity index (χ4n) is 3.67. The number of hydrogen-bond acceptors (Lipinski definition) is 4. The molecule has 0 saturated carbocycles. The summed E-state index contributed by atoms with van der Waals surface area (Å²) in [5.41, 5.74) is 3.93. The third-order valence-corrected chi connectivity index (χ3v) is 6.96. The van der Waals surface area contributed by atoms with Gasteiger partial charge in [-0.05, 0) is 48.2 Å². The molecule has 1 aliphatic rings. The van der Waals surface area contributed by atoms with E-state index in [0.29, 0.717) is 24.1 Å². The number of amides is 2. The monoisotopic (exact) mass is 463 g/mol. The summed E-state index contributed by atoms with van der Waals surface area (Å²) in [6.07, 6.45) is 0.766. The van der Waals surface area contributed by atoms with Crippen molar-refractivity contribution in [1.29, 1.82) is 0 Å². The summed E-state index contributed by atoms with van der Waals surface area (Å²) in [5, 5.41) is 5.57. The van der Waals surface area contributed by atoms with Crippen molar-refractivity contribution in [2.75, 3.05) is 5.32 Å². The van der Waals surface area contributed by atoms with Gasteiger partial charge in [-0.3, -0.25) is 9.59 Å². The number of fused-ring (bicyclic) bond motifs is 1. The zero-order valence-corrected chi connectivity index (χ0v) is 19.0. The number of anilines is 1. The van der Waals surface area contributed by atoms with Crippen LogP contribution in [0.5, 0.6) is 0 Å². The Hall–Kier alpha value is -3.49. The number of aryl methyl sites for hydroxylation is 2. The molecule has 1 heterocycles. The Morgan fingerprint density at radius 2 is 1.73 bits per heavy atom. The van der Waals surface area contributed by atoms with Crippen molar-refractivity contribution in [3.63, 3.8) is 0 Å². The van der Waals surface area contributed by atoms with Gasteiger partial charge >= 0.3 is 0 Å². The molecule has 0 aromatic heterocycles. The standard InChI is InChI=1S/C25H25N3O4S/c1-17-7-9-18(10-8-17)16-26-25(30)24(19-5-3-2-4-6-19)28-33(31,32)21-12-13-22-20(15-21)11-14-23(29)27-22/h2-10,12-13,15,24,28H,11,14,16H2,1H3,(H,26,30)(H,27,29)/t24-/m1/s1. The van der Waals surface area contributed by atoms with Crippen molar-refractivity contribution in [1.82, 2.24) is 10.0 Å². The summed E-state index contributed by atoms with van der Waals surface area (Å²) >= 11 is 0. The Morgan fingerprint density at radius 3 is 2.45 bits per heavy atom. The van der Waals surface area contributed by atoms with Crippen LogP contribution in [-0.2, 0) is 32.6 Å². The van der Waals surface area contributed by atoms with Gasteiger partial charge in [-0.25, -0.2) is 8.42 Å². The van der Waals surface area contributed by atoms with E-state index in [9.17, 15) is 18.0 Å². The van der Waals surface area contributed by atoms with Crippen molar-refractivity contribution in [2.24, 2.45) is 0 Å². The van der Waals surface area contributed by atoms with Gasteiger partial charge < -0.3 is 10.6 Å². The third-order valence-electron chi connectivity index (χ3n) is 5.54. The minimum absolute atomic E-state index is 0.0460. The van der Waals surface area contributed by atoms with Crippen molar-refractivity contribution in [2.45, 2.75) is 37.2 Å². The van der Waals surface area contributed by atoms with Crippen molar-refractivity contribution in [3.05, 3.63) is 95.1 Å². The van der Waals surface area contributed by atoms with E-state index < -0.39 is 22.0 Å². The zero-order valence-electron chi connectivity index (χ0n) is 18.2. The van der Waals surface area contributed by atoms with Crippen LogP contribution >= 0.6 is 0 Å². The molecule has 0 fully saturated rings. The highest BCUT2D eigenvalue weighted by atomic mass is 32.2. The molecule has 3 aromatic rings. The predicted octanol–water partition coefficient (Wildman–Crippen LogP) is 3.22. The van der Waals surface area contributed by atoms with Crippen LogP contribution in [0.4, 0.5) is 5.69 Å². The molecule has 0 bridgehead atoms. The zero-order chi connectivity index (χ0) is 23.4. The normalized spacial score (nSPS) is 14.2. The van der Waals surface area contributed by atoms with Gasteiger partial charge in [0.25, 0.3) is 0 Å². The molecule has 0 unspecified atom stereocenters. The molecule has 0 saturated heterocycles. The van der Waals surface area contributed by atoms with E-state index in [-0.39, 0.29) is 17.3 Å². The molecule has 8 heteroatoms. The Balaban J connectivity index is 1.56. The van der Waals surface area contributed by atoms with E-state index in [0.717, 1.165) is 16.7 Å². The maximum Gasteiger partial charge on any atom is 0.243 e. The lowest BCUT2D eigenvalue weighted by Gasteiger charge is -2.21. The summed E-state index contributed by atoms with van der Waals surface area (Å²) in [6, 6.07) is 19.9. The lowest BCUT2D eigenvalue weighted by atomic mass is 10.0. The van der Waals surface area contributed by atoms with Crippen LogP contribution in [0.2, 0.25) is 0 Å². The van der Waals surface area contributed by atoms with Crippen LogP contribution in [0, 0.1) is 6.92 Å². The van der Waals surface area contributed by atoms with Crippen molar-refractivity contribution >= 4 is 27.5 Å². The van der Waals surface area contributed by atoms with Crippen LogP contribution in [0.1, 0.15) is 34.7 Å². The first-order valence-electron chi connectivity index (χ1n) is 10.7. The molecule has 170 valence electrons. The number of sulfonamides is 1. The van der Waals surface area contributed by atoms with Crippen LogP contribution < -0.4 is 15.4 Å². The first-order valence-corrected chi connectivity index (χ1v) is 12.1. The van der Waals surface area contributed by atoms with Crippen LogP contribution in [0.25, 0.3) is 0 Å². The van der Waals surface area contributed by atoms with E-state index in [2.05, 4.69) is 15.4 Å². The van der Waals surface area contributed by atoms with Gasteiger partial charge in [0.05, 0.1) is 4.90 Å². The van der Waals surface area contributed by atoms with Gasteiger partial charge in [0.15, 0.2) is 0 Å². The molecular formula is C25H25N3O4S. The molecule has 33 heavy (non-hydrogen) atoms. The number of rotatable bonds is 7. The highest BCUT2D eigenvalue weighted by molar-refractivity contribution is 7.89. The number of carbonyl (C=O) groups excluding carboxylic acids is 2. The summed E-state index contributed by atoms with van der Waals surface area (Å²) < 4.78 is 29.0. The molecule has 0 radical (unpaired) electrons. The molecule has 3 N–H and O–H groups in total. The molecule has 2 amide bonds. The minimum Gasteiger partial charge on any atom is -0.350 e. The van der Waals surface area contributed by atoms with E-state index >= 15 is 0 Å². The first-order chi connectivity index (χ1) is 15.8. The van der Waals surface area contributed by atoms with E-state index in [4.69, 9.17) is 0 Å². The average Bonchev–Trinajstić information content (AvgIpc) is 2.82. The number of carbonyl (C=O) groups is 2. The molecule has 3 aromatic carbocycles. The van der Waals surface area contributed by atoms with Gasteiger partial charge in [0, 0.05) is 18.7 Å².